The van der Waals surface area contributed by atoms with E-state index in [9.17, 15) is 18.0 Å². The number of benzene rings is 5. The van der Waals surface area contributed by atoms with Crippen molar-refractivity contribution >= 4 is 33.7 Å². The third kappa shape index (κ3) is 8.71. The minimum Gasteiger partial charge on any atom is -0.484 e. The van der Waals surface area contributed by atoms with Crippen LogP contribution in [0.25, 0.3) is 0 Å². The molecule has 2 N–H and O–H groups in total. The van der Waals surface area contributed by atoms with Crippen LogP contribution in [0.2, 0.25) is 0 Å². The van der Waals surface area contributed by atoms with Crippen LogP contribution in [0.5, 0.6) is 5.75 Å². The number of nitrogens with zero attached hydrogens (tertiary/aromatic N) is 2. The molecule has 9 nitrogen and oxygen atoms in total. The molecule has 0 aliphatic carbocycles. The molecule has 0 fully saturated rings. The molecule has 0 bridgehead atoms. The molecule has 0 saturated carbocycles. The number of amides is 2. The molecule has 2 amide bonds. The highest BCUT2D eigenvalue weighted by Crippen LogP contribution is 2.29. The average Bonchev–Trinajstić information content (AvgIpc) is 3.11. The Bertz CT molecular complexity index is 1920. The highest BCUT2D eigenvalue weighted by atomic mass is 32.2. The summed E-state index contributed by atoms with van der Waals surface area (Å²) < 4.78 is 34.6. The summed E-state index contributed by atoms with van der Waals surface area (Å²) in [5, 5.41) is 7.00. The standard InChI is InChI=1S/C37H34N4O5S/c1-28(31-15-7-3-8-16-31)39-36(42)27-46-32-23-21-29(22-24-32)25-38-40-37(43)34-19-11-12-20-35(34)41(26-30-13-5-2-6-14-30)47(44,45)33-17-9-4-10-18-33/h2-25,28H,26-27H2,1H3,(H,39,42)(H,40,43)/b38-25-/t28-/m1/s1. The Morgan fingerprint density at radius 3 is 2.06 bits per heavy atom. The number of anilines is 1. The van der Waals surface area contributed by atoms with Crippen molar-refractivity contribution in [1.29, 1.82) is 0 Å². The fourth-order valence-electron chi connectivity index (χ4n) is 4.78. The first-order chi connectivity index (χ1) is 22.8. The number of nitrogens with one attached hydrogen (secondary N) is 2. The summed E-state index contributed by atoms with van der Waals surface area (Å²) in [6.07, 6.45) is 1.46. The van der Waals surface area contributed by atoms with Crippen LogP contribution in [0.15, 0.2) is 150 Å². The Hall–Kier alpha value is -5.74. The van der Waals surface area contributed by atoms with E-state index < -0.39 is 15.9 Å². The van der Waals surface area contributed by atoms with E-state index in [1.165, 1.54) is 22.7 Å². The first-order valence-corrected chi connectivity index (χ1v) is 16.4. The summed E-state index contributed by atoms with van der Waals surface area (Å²) in [5.41, 5.74) is 5.30. The molecule has 0 aliphatic rings. The van der Waals surface area contributed by atoms with Crippen molar-refractivity contribution in [3.8, 4) is 5.75 Å². The molecule has 0 radical (unpaired) electrons. The quantitative estimate of drug-likeness (QED) is 0.118. The lowest BCUT2D eigenvalue weighted by atomic mass is 10.1. The Kier molecular flexibility index (Phi) is 10.8. The van der Waals surface area contributed by atoms with Crippen LogP contribution < -0.4 is 19.8 Å². The lowest BCUT2D eigenvalue weighted by Crippen LogP contribution is -2.33. The van der Waals surface area contributed by atoms with Gasteiger partial charge in [0.15, 0.2) is 6.61 Å². The topological polar surface area (TPSA) is 117 Å². The number of carbonyl (C=O) groups is 2. The highest BCUT2D eigenvalue weighted by molar-refractivity contribution is 7.92. The van der Waals surface area contributed by atoms with E-state index in [0.29, 0.717) is 11.3 Å². The Balaban J connectivity index is 1.24. The number of para-hydroxylation sites is 1. The van der Waals surface area contributed by atoms with Crippen molar-refractivity contribution in [2.75, 3.05) is 10.9 Å². The van der Waals surface area contributed by atoms with Crippen LogP contribution in [0.4, 0.5) is 5.69 Å². The van der Waals surface area contributed by atoms with E-state index in [-0.39, 0.29) is 41.2 Å². The average molecular weight is 647 g/mol. The summed E-state index contributed by atoms with van der Waals surface area (Å²) in [6.45, 7) is 1.79. The van der Waals surface area contributed by atoms with Gasteiger partial charge in [-0.2, -0.15) is 5.10 Å². The lowest BCUT2D eigenvalue weighted by Gasteiger charge is -2.26. The van der Waals surface area contributed by atoms with E-state index in [2.05, 4.69) is 15.8 Å². The second-order valence-corrected chi connectivity index (χ2v) is 12.4. The van der Waals surface area contributed by atoms with Crippen LogP contribution in [0.1, 0.15) is 40.0 Å². The predicted octanol–water partition coefficient (Wildman–Crippen LogP) is 6.10. The molecule has 5 aromatic rings. The fraction of sp³-hybridized carbons (Fsp3) is 0.108. The first kappa shape index (κ1) is 32.6. The zero-order valence-electron chi connectivity index (χ0n) is 25.7. The maximum absolute atomic E-state index is 13.9. The molecule has 47 heavy (non-hydrogen) atoms. The molecule has 5 aromatic carbocycles. The number of rotatable bonds is 13. The van der Waals surface area contributed by atoms with Crippen molar-refractivity contribution in [2.45, 2.75) is 24.4 Å². The molecule has 0 unspecified atom stereocenters. The van der Waals surface area contributed by atoms with Gasteiger partial charge in [0.2, 0.25) is 0 Å². The summed E-state index contributed by atoms with van der Waals surface area (Å²) in [7, 11) is -4.03. The van der Waals surface area contributed by atoms with Gasteiger partial charge in [-0.15, -0.1) is 0 Å². The van der Waals surface area contributed by atoms with Crippen molar-refractivity contribution in [3.05, 3.63) is 162 Å². The zero-order valence-corrected chi connectivity index (χ0v) is 26.5. The number of sulfonamides is 1. The van der Waals surface area contributed by atoms with E-state index in [4.69, 9.17) is 4.74 Å². The third-order valence-corrected chi connectivity index (χ3v) is 9.00. The Labute approximate surface area is 274 Å². The smallest absolute Gasteiger partial charge is 0.273 e. The van der Waals surface area contributed by atoms with Crippen molar-refractivity contribution in [2.24, 2.45) is 5.10 Å². The van der Waals surface area contributed by atoms with Crippen LogP contribution in [-0.4, -0.2) is 33.1 Å². The molecule has 10 heteroatoms. The maximum Gasteiger partial charge on any atom is 0.273 e. The van der Waals surface area contributed by atoms with E-state index in [1.807, 2.05) is 67.6 Å². The van der Waals surface area contributed by atoms with Gasteiger partial charge in [0.25, 0.3) is 21.8 Å². The second kappa shape index (κ2) is 15.5. The maximum atomic E-state index is 13.9. The van der Waals surface area contributed by atoms with Gasteiger partial charge in [-0.1, -0.05) is 91.0 Å². The Morgan fingerprint density at radius 1 is 0.787 bits per heavy atom. The number of carbonyl (C=O) groups excluding carboxylic acids is 2. The molecule has 1 atom stereocenters. The van der Waals surface area contributed by atoms with Gasteiger partial charge in [-0.05, 0) is 72.1 Å². The number of hydrogen-bond donors (Lipinski definition) is 2. The van der Waals surface area contributed by atoms with Gasteiger partial charge in [-0.25, -0.2) is 13.8 Å². The van der Waals surface area contributed by atoms with Crippen molar-refractivity contribution in [1.82, 2.24) is 10.7 Å². The minimum absolute atomic E-state index is 0.0216. The third-order valence-electron chi connectivity index (χ3n) is 7.22. The van der Waals surface area contributed by atoms with Crippen LogP contribution in [0.3, 0.4) is 0 Å². The van der Waals surface area contributed by atoms with Crippen molar-refractivity contribution < 1.29 is 22.7 Å². The van der Waals surface area contributed by atoms with Crippen LogP contribution >= 0.6 is 0 Å². The molecule has 0 spiro atoms. The summed E-state index contributed by atoms with van der Waals surface area (Å²) in [5.74, 6) is -0.316. The van der Waals surface area contributed by atoms with Gasteiger partial charge >= 0.3 is 0 Å². The van der Waals surface area contributed by atoms with E-state index >= 15 is 0 Å². The predicted molar refractivity (Wildman–Crippen MR) is 183 cm³/mol. The SMILES string of the molecule is C[C@@H](NC(=O)COc1ccc(/C=N\NC(=O)c2ccccc2N(Cc2ccccc2)S(=O)(=O)c2ccccc2)cc1)c1ccccc1. The normalized spacial score (nSPS) is 11.9. The molecular formula is C37H34N4O5S. The molecular weight excluding hydrogens is 612 g/mol. The van der Waals surface area contributed by atoms with Crippen molar-refractivity contribution in [3.63, 3.8) is 0 Å². The lowest BCUT2D eigenvalue weighted by molar-refractivity contribution is -0.123. The van der Waals surface area contributed by atoms with Gasteiger partial charge in [0.05, 0.1) is 34.9 Å². The fourth-order valence-corrected chi connectivity index (χ4v) is 6.28. The number of hydrogen-bond acceptors (Lipinski definition) is 6. The van der Waals surface area contributed by atoms with Gasteiger partial charge in [0, 0.05) is 0 Å². The van der Waals surface area contributed by atoms with Gasteiger partial charge in [0.1, 0.15) is 5.75 Å². The summed E-state index contributed by atoms with van der Waals surface area (Å²) in [6, 6.07) is 40.2. The first-order valence-electron chi connectivity index (χ1n) is 14.9. The molecule has 0 aromatic heterocycles. The van der Waals surface area contributed by atoms with Crippen LogP contribution in [0, 0.1) is 0 Å². The number of ether oxygens (including phenoxy) is 1. The second-order valence-electron chi connectivity index (χ2n) is 10.6. The minimum atomic E-state index is -4.03. The molecule has 0 aliphatic heterocycles. The summed E-state index contributed by atoms with van der Waals surface area (Å²) >= 11 is 0. The molecule has 0 saturated heterocycles. The molecule has 5 rings (SSSR count). The monoisotopic (exact) mass is 646 g/mol. The summed E-state index contributed by atoms with van der Waals surface area (Å²) in [4.78, 5) is 25.8. The largest absolute Gasteiger partial charge is 0.484 e. The van der Waals surface area contributed by atoms with E-state index in [0.717, 1.165) is 11.1 Å². The zero-order chi connectivity index (χ0) is 33.1. The number of hydrazone groups is 1. The Morgan fingerprint density at radius 2 is 1.38 bits per heavy atom. The van der Waals surface area contributed by atoms with Crippen LogP contribution in [-0.2, 0) is 21.4 Å². The van der Waals surface area contributed by atoms with Gasteiger partial charge < -0.3 is 10.1 Å². The molecule has 0 heterocycles. The van der Waals surface area contributed by atoms with E-state index in [1.54, 1.807) is 66.7 Å². The molecule has 238 valence electrons. The van der Waals surface area contributed by atoms with Gasteiger partial charge in [-0.3, -0.25) is 13.9 Å². The highest BCUT2D eigenvalue weighted by Gasteiger charge is 2.28.